The van der Waals surface area contributed by atoms with Crippen LogP contribution in [0.25, 0.3) is 6.08 Å². The number of hydrogen-bond acceptors (Lipinski definition) is 4. The molecule has 3 rings (SSSR count). The molecule has 3 aromatic rings. The van der Waals surface area contributed by atoms with Crippen molar-refractivity contribution >= 4 is 33.5 Å². The predicted octanol–water partition coefficient (Wildman–Crippen LogP) is 3.57. The smallest absolute Gasteiger partial charge is 0.185 e. The van der Waals surface area contributed by atoms with Crippen molar-refractivity contribution in [3.8, 4) is 0 Å². The van der Waals surface area contributed by atoms with Gasteiger partial charge in [-0.15, -0.1) is 5.10 Å². The Morgan fingerprint density at radius 3 is 2.54 bits per heavy atom. The van der Waals surface area contributed by atoms with Gasteiger partial charge in [-0.3, -0.25) is 4.79 Å². The molecule has 0 atom stereocenters. The van der Waals surface area contributed by atoms with Gasteiger partial charge in [0.25, 0.3) is 0 Å². The highest BCUT2D eigenvalue weighted by Gasteiger charge is 2.03. The van der Waals surface area contributed by atoms with Crippen molar-refractivity contribution in [2.24, 2.45) is 0 Å². The topological polar surface area (TPSA) is 73.8 Å². The Morgan fingerprint density at radius 2 is 1.83 bits per heavy atom. The molecule has 2 aromatic carbocycles. The number of carbonyl (C=O) groups excluding carboxylic acids is 1. The number of benzene rings is 2. The van der Waals surface area contributed by atoms with E-state index in [9.17, 15) is 4.79 Å². The zero-order chi connectivity index (χ0) is 16.9. The minimum atomic E-state index is -0.0996. The summed E-state index contributed by atoms with van der Waals surface area (Å²) < 4.78 is 2.77. The Kier molecular flexibility index (Phi) is 4.86. The highest BCUT2D eigenvalue weighted by molar-refractivity contribution is 9.10. The van der Waals surface area contributed by atoms with Gasteiger partial charge in [-0.1, -0.05) is 33.3 Å². The number of anilines is 1. The van der Waals surface area contributed by atoms with Crippen LogP contribution in [-0.2, 0) is 6.54 Å². The molecule has 24 heavy (non-hydrogen) atoms. The number of aromatic nitrogens is 3. The summed E-state index contributed by atoms with van der Waals surface area (Å²) in [6, 6.07) is 14.8. The molecule has 0 radical (unpaired) electrons. The van der Waals surface area contributed by atoms with Crippen LogP contribution in [0.3, 0.4) is 0 Å². The Labute approximate surface area is 147 Å². The minimum Gasteiger partial charge on any atom is -0.399 e. The average molecular weight is 383 g/mol. The molecule has 0 aliphatic heterocycles. The lowest BCUT2D eigenvalue weighted by molar-refractivity contribution is 0.104. The van der Waals surface area contributed by atoms with Crippen LogP contribution in [0, 0.1) is 0 Å². The van der Waals surface area contributed by atoms with E-state index in [4.69, 9.17) is 5.73 Å². The number of nitrogen functional groups attached to an aromatic ring is 1. The third-order valence-electron chi connectivity index (χ3n) is 3.41. The highest BCUT2D eigenvalue weighted by atomic mass is 79.9. The molecule has 0 saturated heterocycles. The Bertz CT molecular complexity index is 867. The molecule has 0 aliphatic rings. The van der Waals surface area contributed by atoms with Gasteiger partial charge in [0.15, 0.2) is 5.78 Å². The van der Waals surface area contributed by atoms with Crippen molar-refractivity contribution in [3.63, 3.8) is 0 Å². The van der Waals surface area contributed by atoms with Crippen LogP contribution in [-0.4, -0.2) is 20.8 Å². The Hall–Kier alpha value is -2.73. The van der Waals surface area contributed by atoms with E-state index in [1.165, 1.54) is 6.08 Å². The number of nitrogens with two attached hydrogens (primary N) is 1. The summed E-state index contributed by atoms with van der Waals surface area (Å²) >= 11 is 3.41. The fraction of sp³-hybridized carbons (Fsp3) is 0.0556. The monoisotopic (exact) mass is 382 g/mol. The number of ketones is 1. The third-order valence-corrected chi connectivity index (χ3v) is 3.94. The van der Waals surface area contributed by atoms with Crippen LogP contribution in [0.5, 0.6) is 0 Å². The molecule has 6 heteroatoms. The number of hydrogen-bond donors (Lipinski definition) is 1. The zero-order valence-electron chi connectivity index (χ0n) is 12.8. The van der Waals surface area contributed by atoms with Gasteiger partial charge >= 0.3 is 0 Å². The molecule has 0 bridgehead atoms. The van der Waals surface area contributed by atoms with E-state index in [0.717, 1.165) is 10.0 Å². The summed E-state index contributed by atoms with van der Waals surface area (Å²) in [6.45, 7) is 0.625. The molecule has 0 spiro atoms. The van der Waals surface area contributed by atoms with E-state index in [0.29, 0.717) is 23.5 Å². The van der Waals surface area contributed by atoms with Crippen LogP contribution in [0.4, 0.5) is 5.69 Å². The average Bonchev–Trinajstić information content (AvgIpc) is 3.03. The SMILES string of the molecule is Nc1ccc(C(=O)/C=C/c2cn(Cc3ccc(Br)cc3)nn2)cc1. The number of carbonyl (C=O) groups is 1. The van der Waals surface area contributed by atoms with Crippen molar-refractivity contribution in [1.82, 2.24) is 15.0 Å². The summed E-state index contributed by atoms with van der Waals surface area (Å²) in [4.78, 5) is 12.1. The molecule has 5 nitrogen and oxygen atoms in total. The third kappa shape index (κ3) is 4.17. The molecule has 1 aromatic heterocycles. The number of rotatable bonds is 5. The van der Waals surface area contributed by atoms with Crippen molar-refractivity contribution in [3.05, 3.63) is 82.1 Å². The second kappa shape index (κ2) is 7.23. The number of halogens is 1. The predicted molar refractivity (Wildman–Crippen MR) is 97.5 cm³/mol. The normalized spacial score (nSPS) is 11.0. The van der Waals surface area contributed by atoms with Gasteiger partial charge in [-0.05, 0) is 54.1 Å². The molecule has 0 fully saturated rings. The molecule has 2 N–H and O–H groups in total. The van der Waals surface area contributed by atoms with E-state index in [-0.39, 0.29) is 5.78 Å². The lowest BCUT2D eigenvalue weighted by Crippen LogP contribution is -1.99. The van der Waals surface area contributed by atoms with Gasteiger partial charge in [0.2, 0.25) is 0 Å². The maximum absolute atomic E-state index is 12.1. The first kappa shape index (κ1) is 16.1. The Morgan fingerprint density at radius 1 is 1.12 bits per heavy atom. The van der Waals surface area contributed by atoms with E-state index in [2.05, 4.69) is 26.2 Å². The quantitative estimate of drug-likeness (QED) is 0.415. The van der Waals surface area contributed by atoms with Crippen molar-refractivity contribution in [2.45, 2.75) is 6.54 Å². The lowest BCUT2D eigenvalue weighted by atomic mass is 10.1. The van der Waals surface area contributed by atoms with Gasteiger partial charge < -0.3 is 5.73 Å². The van der Waals surface area contributed by atoms with Crippen LogP contribution in [0.2, 0.25) is 0 Å². The number of allylic oxidation sites excluding steroid dienone is 1. The summed E-state index contributed by atoms with van der Waals surface area (Å²) in [5, 5.41) is 8.13. The molecule has 1 heterocycles. The standard InChI is InChI=1S/C18H15BrN4O/c19-15-5-1-13(2-6-15)11-23-12-17(21-22-23)9-10-18(24)14-3-7-16(20)8-4-14/h1-10,12H,11,20H2/b10-9+. The zero-order valence-corrected chi connectivity index (χ0v) is 14.3. The van der Waals surface area contributed by atoms with Crippen molar-refractivity contribution in [2.75, 3.05) is 5.73 Å². The second-order valence-electron chi connectivity index (χ2n) is 5.29. The van der Waals surface area contributed by atoms with E-state index in [1.54, 1.807) is 41.2 Å². The first-order chi connectivity index (χ1) is 11.6. The molecule has 120 valence electrons. The van der Waals surface area contributed by atoms with Gasteiger partial charge in [0, 0.05) is 15.7 Å². The van der Waals surface area contributed by atoms with Crippen molar-refractivity contribution in [1.29, 1.82) is 0 Å². The molecular weight excluding hydrogens is 368 g/mol. The molecule has 0 amide bonds. The van der Waals surface area contributed by atoms with Crippen LogP contribution in [0.15, 0.2) is 65.3 Å². The molecule has 0 unspecified atom stereocenters. The Balaban J connectivity index is 1.65. The largest absolute Gasteiger partial charge is 0.399 e. The van der Waals surface area contributed by atoms with E-state index in [1.807, 2.05) is 24.3 Å². The van der Waals surface area contributed by atoms with Gasteiger partial charge in [0.05, 0.1) is 12.7 Å². The summed E-state index contributed by atoms with van der Waals surface area (Å²) in [7, 11) is 0. The first-order valence-electron chi connectivity index (χ1n) is 7.33. The van der Waals surface area contributed by atoms with Gasteiger partial charge in [0.1, 0.15) is 5.69 Å². The lowest BCUT2D eigenvalue weighted by Gasteiger charge is -2.00. The van der Waals surface area contributed by atoms with Gasteiger partial charge in [-0.25, -0.2) is 4.68 Å². The van der Waals surface area contributed by atoms with Crippen LogP contribution in [0.1, 0.15) is 21.6 Å². The minimum absolute atomic E-state index is 0.0996. The second-order valence-corrected chi connectivity index (χ2v) is 6.20. The maximum Gasteiger partial charge on any atom is 0.185 e. The van der Waals surface area contributed by atoms with Crippen LogP contribution < -0.4 is 5.73 Å². The first-order valence-corrected chi connectivity index (χ1v) is 8.12. The fourth-order valence-corrected chi connectivity index (χ4v) is 2.41. The highest BCUT2D eigenvalue weighted by Crippen LogP contribution is 2.12. The van der Waals surface area contributed by atoms with E-state index >= 15 is 0 Å². The van der Waals surface area contributed by atoms with Crippen LogP contribution >= 0.6 is 15.9 Å². The molecular formula is C18H15BrN4O. The van der Waals surface area contributed by atoms with Crippen molar-refractivity contribution < 1.29 is 4.79 Å². The number of nitrogens with zero attached hydrogens (tertiary/aromatic N) is 3. The summed E-state index contributed by atoms with van der Waals surface area (Å²) in [6.07, 6.45) is 4.94. The summed E-state index contributed by atoms with van der Waals surface area (Å²) in [5.74, 6) is -0.0996. The van der Waals surface area contributed by atoms with E-state index < -0.39 is 0 Å². The van der Waals surface area contributed by atoms with Gasteiger partial charge in [-0.2, -0.15) is 0 Å². The summed E-state index contributed by atoms with van der Waals surface area (Å²) in [5.41, 5.74) is 8.59. The molecule has 0 saturated carbocycles. The fourth-order valence-electron chi connectivity index (χ4n) is 2.15. The maximum atomic E-state index is 12.1. The molecule has 0 aliphatic carbocycles.